The number of benzene rings is 1. The lowest BCUT2D eigenvalue weighted by molar-refractivity contribution is -0.139. The Bertz CT molecular complexity index is 951. The highest BCUT2D eigenvalue weighted by molar-refractivity contribution is 7.92. The van der Waals surface area contributed by atoms with E-state index in [4.69, 9.17) is 0 Å². The number of amides is 1. The molecule has 1 unspecified atom stereocenters. The van der Waals surface area contributed by atoms with Crippen LogP contribution in [0.25, 0.3) is 0 Å². The van der Waals surface area contributed by atoms with Gasteiger partial charge in [-0.15, -0.1) is 9.24 Å². The van der Waals surface area contributed by atoms with Crippen LogP contribution in [0, 0.1) is 0 Å². The summed E-state index contributed by atoms with van der Waals surface area (Å²) in [4.78, 5) is 17.0. The average Bonchev–Trinajstić information content (AvgIpc) is 3.03. The first kappa shape index (κ1) is 19.8. The molecule has 1 aliphatic rings. The number of likely N-dealkylation sites (tertiary alicyclic amines) is 1. The fraction of sp³-hybridized carbons (Fsp3) is 0.294. The van der Waals surface area contributed by atoms with Crippen LogP contribution in [0.3, 0.4) is 0 Å². The third-order valence-electron chi connectivity index (χ3n) is 4.43. The van der Waals surface area contributed by atoms with Crippen LogP contribution in [-0.2, 0) is 16.0 Å². The molecular weight excluding hydrogens is 400 g/mol. The first-order valence-corrected chi connectivity index (χ1v) is 10.2. The van der Waals surface area contributed by atoms with E-state index in [1.807, 2.05) is 0 Å². The third-order valence-corrected chi connectivity index (χ3v) is 7.25. The zero-order chi connectivity index (χ0) is 19.8. The van der Waals surface area contributed by atoms with Crippen LogP contribution in [0.2, 0.25) is 0 Å². The van der Waals surface area contributed by atoms with Crippen molar-refractivity contribution in [3.8, 4) is 0 Å². The van der Waals surface area contributed by atoms with Crippen LogP contribution in [-0.4, -0.2) is 41.8 Å². The van der Waals surface area contributed by atoms with Gasteiger partial charge in [-0.3, -0.25) is 9.78 Å². The molecule has 1 aromatic carbocycles. The SMILES string of the molecule is O=C(c1ccncc1)N1C[C@H](S(=O)(=O)c2ccccc2C(F)(F)F)C[C@H]1P. The summed E-state index contributed by atoms with van der Waals surface area (Å²) in [5, 5.41) is -1.12. The number of halogens is 3. The summed E-state index contributed by atoms with van der Waals surface area (Å²) in [7, 11) is -1.88. The molecule has 10 heteroatoms. The van der Waals surface area contributed by atoms with E-state index >= 15 is 0 Å². The normalized spacial score (nSPS) is 20.7. The van der Waals surface area contributed by atoms with Gasteiger partial charge in [-0.25, -0.2) is 8.42 Å². The van der Waals surface area contributed by atoms with Gasteiger partial charge in [0.25, 0.3) is 5.91 Å². The van der Waals surface area contributed by atoms with Crippen molar-refractivity contribution in [2.75, 3.05) is 6.54 Å². The standard InChI is InChI=1S/C17H16F3N2O3PS/c18-17(19,20)13-3-1-2-4-14(13)27(24,25)12-9-15(26)22(10-12)16(23)11-5-7-21-8-6-11/h1-8,12,15H,9-10,26H2/t12-,15-/m1/s1. The highest BCUT2D eigenvalue weighted by Crippen LogP contribution is 2.38. The van der Waals surface area contributed by atoms with Crippen molar-refractivity contribution in [1.29, 1.82) is 0 Å². The summed E-state index contributed by atoms with van der Waals surface area (Å²) < 4.78 is 65.5. The minimum Gasteiger partial charge on any atom is -0.331 e. The molecule has 1 aliphatic heterocycles. The molecule has 0 spiro atoms. The van der Waals surface area contributed by atoms with E-state index in [9.17, 15) is 26.4 Å². The number of aromatic nitrogens is 1. The number of alkyl halides is 3. The van der Waals surface area contributed by atoms with Crippen molar-refractivity contribution in [2.24, 2.45) is 0 Å². The third kappa shape index (κ3) is 3.84. The molecule has 1 saturated heterocycles. The van der Waals surface area contributed by atoms with E-state index < -0.39 is 37.5 Å². The van der Waals surface area contributed by atoms with Crippen molar-refractivity contribution in [1.82, 2.24) is 9.88 Å². The highest BCUT2D eigenvalue weighted by atomic mass is 32.2. The molecule has 2 heterocycles. The molecule has 0 N–H and O–H groups in total. The van der Waals surface area contributed by atoms with E-state index in [0.29, 0.717) is 5.56 Å². The Morgan fingerprint density at radius 1 is 1.15 bits per heavy atom. The molecule has 27 heavy (non-hydrogen) atoms. The maximum atomic E-state index is 13.2. The molecule has 5 nitrogen and oxygen atoms in total. The Labute approximate surface area is 156 Å². The smallest absolute Gasteiger partial charge is 0.331 e. The van der Waals surface area contributed by atoms with Gasteiger partial charge < -0.3 is 4.90 Å². The Morgan fingerprint density at radius 3 is 2.41 bits per heavy atom. The predicted molar refractivity (Wildman–Crippen MR) is 95.8 cm³/mol. The lowest BCUT2D eigenvalue weighted by atomic mass is 10.2. The molecule has 2 aromatic rings. The summed E-state index contributed by atoms with van der Waals surface area (Å²) in [6, 6.07) is 7.12. The van der Waals surface area contributed by atoms with E-state index in [0.717, 1.165) is 18.2 Å². The van der Waals surface area contributed by atoms with Crippen molar-refractivity contribution < 1.29 is 26.4 Å². The number of carbonyl (C=O) groups excluding carboxylic acids is 1. The molecule has 3 rings (SSSR count). The van der Waals surface area contributed by atoms with Gasteiger partial charge in [0.05, 0.1) is 15.7 Å². The zero-order valence-corrected chi connectivity index (χ0v) is 15.9. The maximum absolute atomic E-state index is 13.2. The molecule has 1 amide bonds. The van der Waals surface area contributed by atoms with E-state index in [1.165, 1.54) is 35.5 Å². The van der Waals surface area contributed by atoms with Crippen LogP contribution in [0.4, 0.5) is 13.2 Å². The first-order chi connectivity index (χ1) is 12.6. The van der Waals surface area contributed by atoms with Crippen LogP contribution in [0.15, 0.2) is 53.7 Å². The van der Waals surface area contributed by atoms with Crippen molar-refractivity contribution in [3.05, 3.63) is 59.9 Å². The second kappa shape index (κ2) is 7.20. The lowest BCUT2D eigenvalue weighted by Crippen LogP contribution is -2.34. The minimum absolute atomic E-state index is 0.0377. The number of rotatable bonds is 3. The van der Waals surface area contributed by atoms with Gasteiger partial charge in [0.1, 0.15) is 0 Å². The summed E-state index contributed by atoms with van der Waals surface area (Å²) in [6.07, 6.45) is -1.87. The van der Waals surface area contributed by atoms with Gasteiger partial charge >= 0.3 is 6.18 Å². The van der Waals surface area contributed by atoms with Crippen molar-refractivity contribution in [2.45, 2.75) is 28.5 Å². The summed E-state index contributed by atoms with van der Waals surface area (Å²) in [5.74, 6) is -0.886. The van der Waals surface area contributed by atoms with Crippen molar-refractivity contribution in [3.63, 3.8) is 0 Å². The molecule has 0 saturated carbocycles. The molecule has 1 fully saturated rings. The van der Waals surface area contributed by atoms with Gasteiger partial charge in [0, 0.05) is 30.3 Å². The number of hydrogen-bond acceptors (Lipinski definition) is 4. The highest BCUT2D eigenvalue weighted by Gasteiger charge is 2.44. The van der Waals surface area contributed by atoms with E-state index in [2.05, 4.69) is 14.2 Å². The topological polar surface area (TPSA) is 67.3 Å². The Kier molecular flexibility index (Phi) is 5.27. The molecule has 144 valence electrons. The largest absolute Gasteiger partial charge is 0.417 e. The molecule has 1 aromatic heterocycles. The Morgan fingerprint density at radius 2 is 1.78 bits per heavy atom. The summed E-state index contributed by atoms with van der Waals surface area (Å²) in [5.41, 5.74) is -0.851. The number of sulfone groups is 1. The number of carbonyl (C=O) groups is 1. The fourth-order valence-corrected chi connectivity index (χ4v) is 5.78. The van der Waals surface area contributed by atoms with Crippen LogP contribution < -0.4 is 0 Å². The van der Waals surface area contributed by atoms with Gasteiger partial charge in [-0.05, 0) is 30.7 Å². The average molecular weight is 416 g/mol. The van der Waals surface area contributed by atoms with Crippen molar-refractivity contribution >= 4 is 25.0 Å². The predicted octanol–water partition coefficient (Wildman–Crippen LogP) is 2.99. The van der Waals surface area contributed by atoms with Gasteiger partial charge in [0.15, 0.2) is 9.84 Å². The quantitative estimate of drug-likeness (QED) is 0.722. The monoisotopic (exact) mass is 416 g/mol. The minimum atomic E-state index is -4.78. The summed E-state index contributed by atoms with van der Waals surface area (Å²) >= 11 is 0. The summed E-state index contributed by atoms with van der Waals surface area (Å²) in [6.45, 7) is -0.177. The number of pyridine rings is 1. The molecule has 0 bridgehead atoms. The second-order valence-electron chi connectivity index (χ2n) is 6.16. The van der Waals surface area contributed by atoms with Gasteiger partial charge in [0.2, 0.25) is 0 Å². The molecule has 3 atom stereocenters. The second-order valence-corrected chi connectivity index (χ2v) is 9.12. The lowest BCUT2D eigenvalue weighted by Gasteiger charge is -2.21. The number of hydrogen-bond donors (Lipinski definition) is 0. The molecule has 0 radical (unpaired) electrons. The molecule has 0 aliphatic carbocycles. The zero-order valence-electron chi connectivity index (χ0n) is 13.9. The van der Waals surface area contributed by atoms with Gasteiger partial charge in [-0.2, -0.15) is 13.2 Å². The maximum Gasteiger partial charge on any atom is 0.417 e. The first-order valence-electron chi connectivity index (χ1n) is 7.99. The number of nitrogens with zero attached hydrogens (tertiary/aromatic N) is 2. The molecular formula is C17H16F3N2O3PS. The Balaban J connectivity index is 1.91. The van der Waals surface area contributed by atoms with Crippen LogP contribution in [0.1, 0.15) is 22.3 Å². The van der Waals surface area contributed by atoms with Crippen LogP contribution in [0.5, 0.6) is 0 Å². The van der Waals surface area contributed by atoms with Crippen LogP contribution >= 0.6 is 9.24 Å². The Hall–Kier alpha value is -1.99. The fourth-order valence-electron chi connectivity index (χ4n) is 3.07. The van der Waals surface area contributed by atoms with E-state index in [1.54, 1.807) is 0 Å². The van der Waals surface area contributed by atoms with E-state index in [-0.39, 0.29) is 18.9 Å². The van der Waals surface area contributed by atoms with Gasteiger partial charge in [-0.1, -0.05) is 12.1 Å².